The van der Waals surface area contributed by atoms with Crippen molar-refractivity contribution in [2.75, 3.05) is 79.3 Å². The number of alkyl halides is 6. The molecule has 2 aromatic heterocycles. The fraction of sp³-hybridized carbons (Fsp3) is 0.409. The van der Waals surface area contributed by atoms with Gasteiger partial charge in [-0.05, 0) is 73.5 Å². The molecule has 0 radical (unpaired) electrons. The number of ether oxygens (including phenoxy) is 8. The van der Waals surface area contributed by atoms with Crippen molar-refractivity contribution >= 4 is 42.3 Å². The van der Waals surface area contributed by atoms with Crippen LogP contribution < -0.4 is 18.9 Å². The number of fused-ring (bicyclic) bond motifs is 4. The van der Waals surface area contributed by atoms with E-state index in [0.29, 0.717) is 102 Å². The summed E-state index contributed by atoms with van der Waals surface area (Å²) >= 11 is 0. The Morgan fingerprint density at radius 3 is 0.986 bits per heavy atom. The Morgan fingerprint density at radius 2 is 0.729 bits per heavy atom. The predicted octanol–water partition coefficient (Wildman–Crippen LogP) is 7.61. The molecule has 0 fully saturated rings. The molecule has 0 saturated carbocycles. The molecule has 1 aliphatic rings. The maximum absolute atomic E-state index is 10.7. The number of nitrogens with zero attached hydrogens (tertiary/aromatic N) is 2. The van der Waals surface area contributed by atoms with Crippen molar-refractivity contribution in [3.05, 3.63) is 108 Å². The molecular formula is C44H52F6N4O14S2. The topological polar surface area (TPSA) is 240 Å². The Bertz CT molecular complexity index is 2490. The molecule has 3 heterocycles. The number of H-pyrrole nitrogens is 2. The predicted molar refractivity (Wildman–Crippen MR) is 242 cm³/mol. The van der Waals surface area contributed by atoms with Crippen molar-refractivity contribution in [3.8, 4) is 23.0 Å². The highest BCUT2D eigenvalue weighted by Gasteiger charge is 2.45. The molecule has 18 nitrogen and oxygen atoms in total. The van der Waals surface area contributed by atoms with E-state index in [-0.39, 0.29) is 0 Å². The van der Waals surface area contributed by atoms with E-state index in [4.69, 9.17) is 63.8 Å². The molecule has 0 bridgehead atoms. The number of nitrogens with one attached hydrogen (secondary N) is 2. The number of hydrogen-bond acceptors (Lipinski definition) is 14. The summed E-state index contributed by atoms with van der Waals surface area (Å²) in [4.78, 5) is 16.1. The van der Waals surface area contributed by atoms with Gasteiger partial charge >= 0.3 is 31.3 Å². The molecule has 7 rings (SSSR count). The number of benzene rings is 4. The first-order chi connectivity index (χ1) is 33.1. The lowest BCUT2D eigenvalue weighted by Gasteiger charge is -2.14. The van der Waals surface area contributed by atoms with E-state index in [9.17, 15) is 26.3 Å². The zero-order valence-corrected chi connectivity index (χ0v) is 39.4. The van der Waals surface area contributed by atoms with Crippen LogP contribution in [-0.4, -0.2) is 136 Å². The van der Waals surface area contributed by atoms with Gasteiger partial charge < -0.3 is 47.9 Å². The maximum atomic E-state index is 10.7. The van der Waals surface area contributed by atoms with E-state index in [1.54, 1.807) is 0 Å². The summed E-state index contributed by atoms with van der Waals surface area (Å²) < 4.78 is 160. The van der Waals surface area contributed by atoms with Crippen LogP contribution >= 0.6 is 0 Å². The summed E-state index contributed by atoms with van der Waals surface area (Å²) in [7, 11) is -11.7. The van der Waals surface area contributed by atoms with E-state index in [0.717, 1.165) is 46.6 Å². The molecule has 0 aliphatic carbocycles. The number of aromatic nitrogens is 4. The highest BCUT2D eigenvalue weighted by molar-refractivity contribution is 7.86. The van der Waals surface area contributed by atoms with Gasteiger partial charge in [0.05, 0.1) is 74.9 Å². The Labute approximate surface area is 399 Å². The van der Waals surface area contributed by atoms with Crippen LogP contribution in [0.25, 0.3) is 22.1 Å². The van der Waals surface area contributed by atoms with Crippen LogP contribution in [0.3, 0.4) is 0 Å². The summed E-state index contributed by atoms with van der Waals surface area (Å²) in [5.74, 6) is 4.75. The smallest absolute Gasteiger partial charge is 0.487 e. The molecule has 0 amide bonds. The van der Waals surface area contributed by atoms with Gasteiger partial charge in [-0.15, -0.1) is 0 Å². The van der Waals surface area contributed by atoms with Gasteiger partial charge in [0.25, 0.3) is 0 Å². The van der Waals surface area contributed by atoms with E-state index in [1.807, 2.05) is 48.5 Å². The summed E-state index contributed by atoms with van der Waals surface area (Å²) in [6.07, 6.45) is 1.71. The molecule has 4 N–H and O–H groups in total. The SMILES string of the molecule is Cc1ccc2nc(CCc3nc4ccc(C)cc4[nH]3)[nH]c2c1.O=S(=O)(O)C(F)(F)F.O=S(=O)(O)C(F)(F)F.c1ccc2c(c1)OCCOCCOCCOc1ccccc1OCCOCCOCCO2. The minimum Gasteiger partial charge on any atom is -0.487 e. The van der Waals surface area contributed by atoms with Crippen LogP contribution in [0.15, 0.2) is 84.9 Å². The van der Waals surface area contributed by atoms with Crippen LogP contribution in [0, 0.1) is 13.8 Å². The Kier molecular flexibility index (Phi) is 22.4. The highest BCUT2D eigenvalue weighted by Crippen LogP contribution is 2.28. The second-order valence-corrected chi connectivity index (χ2v) is 17.3. The number of para-hydroxylation sites is 4. The largest absolute Gasteiger partial charge is 0.522 e. The van der Waals surface area contributed by atoms with Gasteiger partial charge in [0, 0.05) is 12.8 Å². The van der Waals surface area contributed by atoms with Crippen LogP contribution in [-0.2, 0) is 52.0 Å². The Balaban J connectivity index is 0.000000240. The molecule has 26 heteroatoms. The third-order valence-electron chi connectivity index (χ3n) is 8.94. The zero-order valence-electron chi connectivity index (χ0n) is 37.8. The molecule has 0 spiro atoms. The van der Waals surface area contributed by atoms with Crippen molar-refractivity contribution in [1.29, 1.82) is 0 Å². The fourth-order valence-corrected chi connectivity index (χ4v) is 5.69. The molecule has 0 saturated heterocycles. The first-order valence-electron chi connectivity index (χ1n) is 21.1. The van der Waals surface area contributed by atoms with Crippen molar-refractivity contribution in [1.82, 2.24) is 19.9 Å². The van der Waals surface area contributed by atoms with Gasteiger partial charge in [-0.3, -0.25) is 9.11 Å². The molecule has 0 unspecified atom stereocenters. The lowest BCUT2D eigenvalue weighted by Crippen LogP contribution is -2.21. The lowest BCUT2D eigenvalue weighted by molar-refractivity contribution is -0.0514. The van der Waals surface area contributed by atoms with Gasteiger partial charge in [0.15, 0.2) is 23.0 Å². The van der Waals surface area contributed by atoms with Crippen molar-refractivity contribution in [3.63, 3.8) is 0 Å². The second-order valence-electron chi connectivity index (χ2n) is 14.5. The standard InChI is InChI=1S/C24H32O8.C18H18N4.2CHF3O3S/c1-2-6-22-21(5-1)29-17-13-25-9-10-27-15-19-31-23-7-3-4-8-24(23)32-20-16-28-12-11-26-14-18-30-22;1-11-3-5-13-15(9-11)21-17(19-13)7-8-18-20-14-6-4-12(2)10-16(14)22-18;2*2-1(3,4)8(5,6)7/h1-8H,9-20H2;3-6,9-10H,7-8H2,1-2H3,(H,19,21)(H,20,22);2*(H,5,6,7). The summed E-state index contributed by atoms with van der Waals surface area (Å²) in [6, 6.07) is 27.7. The molecule has 1 aliphatic heterocycles. The van der Waals surface area contributed by atoms with Gasteiger partial charge in [0.2, 0.25) is 0 Å². The maximum Gasteiger partial charge on any atom is 0.522 e. The quantitative estimate of drug-likeness (QED) is 0.0758. The highest BCUT2D eigenvalue weighted by atomic mass is 32.2. The van der Waals surface area contributed by atoms with Crippen molar-refractivity contribution in [2.24, 2.45) is 0 Å². The number of hydrogen-bond donors (Lipinski definition) is 4. The average Bonchev–Trinajstić information content (AvgIpc) is 3.89. The lowest BCUT2D eigenvalue weighted by atomic mass is 10.2. The normalized spacial score (nSPS) is 15.2. The van der Waals surface area contributed by atoms with Crippen LogP contribution in [0.1, 0.15) is 22.8 Å². The van der Waals surface area contributed by atoms with E-state index in [2.05, 4.69) is 70.2 Å². The van der Waals surface area contributed by atoms with Gasteiger partial charge in [-0.1, -0.05) is 36.4 Å². The third-order valence-corrected chi connectivity index (χ3v) is 10.1. The number of rotatable bonds is 3. The summed E-state index contributed by atoms with van der Waals surface area (Å²) in [5, 5.41) is 0. The number of aromatic amines is 2. The molecule has 4 aromatic carbocycles. The summed E-state index contributed by atoms with van der Waals surface area (Å²) in [6.45, 7) is 9.67. The first kappa shape index (κ1) is 56.8. The van der Waals surface area contributed by atoms with Crippen LogP contribution in [0.5, 0.6) is 23.0 Å². The van der Waals surface area contributed by atoms with Crippen LogP contribution in [0.2, 0.25) is 0 Å². The molecule has 6 aromatic rings. The number of aryl methyl sites for hydroxylation is 4. The zero-order chi connectivity index (χ0) is 51.2. The summed E-state index contributed by atoms with van der Waals surface area (Å²) in [5.41, 5.74) is -4.31. The van der Waals surface area contributed by atoms with Crippen LogP contribution in [0.4, 0.5) is 26.3 Å². The van der Waals surface area contributed by atoms with Crippen molar-refractivity contribution in [2.45, 2.75) is 37.7 Å². The molecule has 0 atom stereocenters. The van der Waals surface area contributed by atoms with E-state index < -0.39 is 31.3 Å². The fourth-order valence-electron chi connectivity index (χ4n) is 5.69. The minimum atomic E-state index is -5.84. The Morgan fingerprint density at radius 1 is 0.471 bits per heavy atom. The van der Waals surface area contributed by atoms with E-state index >= 15 is 0 Å². The molecular weight excluding hydrogens is 987 g/mol. The Hall–Kier alpha value is -5.74. The van der Waals surface area contributed by atoms with Gasteiger partial charge in [0.1, 0.15) is 38.1 Å². The second kappa shape index (κ2) is 27.6. The number of halogens is 6. The van der Waals surface area contributed by atoms with Gasteiger partial charge in [-0.25, -0.2) is 9.97 Å². The third kappa shape index (κ3) is 20.3. The number of imidazole rings is 2. The monoisotopic (exact) mass is 1040 g/mol. The van der Waals surface area contributed by atoms with Crippen molar-refractivity contribution < 1.29 is 90.2 Å². The van der Waals surface area contributed by atoms with Gasteiger partial charge in [-0.2, -0.15) is 43.2 Å². The first-order valence-corrected chi connectivity index (χ1v) is 24.0. The van der Waals surface area contributed by atoms with E-state index in [1.165, 1.54) is 11.1 Å². The average molecular weight is 1040 g/mol. The minimum absolute atomic E-state index is 0.425. The molecule has 70 heavy (non-hydrogen) atoms. The molecule has 386 valence electrons.